The van der Waals surface area contributed by atoms with Crippen molar-refractivity contribution in [2.24, 2.45) is 0 Å². The summed E-state index contributed by atoms with van der Waals surface area (Å²) in [6, 6.07) is -0.374. The molecular weight excluding hydrogens is 296 g/mol. The molecule has 0 spiro atoms. The van der Waals surface area contributed by atoms with E-state index in [0.717, 1.165) is 18.5 Å². The standard InChI is InChI=1S/C11H12N2O6.Ca/c14-7-3-6(4-12-5-7)10(17)13-8(11(18)19)1-2-9(15)16;/h3-5,8,14H,1-2H2,(H,13,17)(H,15,16)(H,18,19);/q;+2/p-2/t8-;/m0./s1. The molecule has 1 amide bonds. The predicted molar refractivity (Wildman–Crippen MR) is 62.2 cm³/mol. The topological polar surface area (TPSA) is 142 Å². The van der Waals surface area contributed by atoms with Gasteiger partial charge in [-0.1, -0.05) is 0 Å². The van der Waals surface area contributed by atoms with E-state index in [4.69, 9.17) is 5.11 Å². The van der Waals surface area contributed by atoms with E-state index in [0.29, 0.717) is 0 Å². The van der Waals surface area contributed by atoms with E-state index in [1.54, 1.807) is 0 Å². The number of aromatic nitrogens is 1. The smallest absolute Gasteiger partial charge is 0.550 e. The summed E-state index contributed by atoms with van der Waals surface area (Å²) in [7, 11) is 0. The van der Waals surface area contributed by atoms with Crippen molar-refractivity contribution in [3.63, 3.8) is 0 Å². The Morgan fingerprint density at radius 3 is 2.45 bits per heavy atom. The molecule has 0 unspecified atom stereocenters. The van der Waals surface area contributed by atoms with Crippen molar-refractivity contribution < 1.29 is 29.7 Å². The zero-order valence-corrected chi connectivity index (χ0v) is 12.6. The van der Waals surface area contributed by atoms with Gasteiger partial charge >= 0.3 is 37.7 Å². The maximum absolute atomic E-state index is 11.6. The van der Waals surface area contributed by atoms with Crippen LogP contribution in [0.3, 0.4) is 0 Å². The van der Waals surface area contributed by atoms with Crippen LogP contribution in [0.1, 0.15) is 23.2 Å². The molecular formula is C11H10CaN2O6. The molecule has 1 aromatic rings. The molecule has 0 bridgehead atoms. The van der Waals surface area contributed by atoms with Crippen LogP contribution >= 0.6 is 0 Å². The summed E-state index contributed by atoms with van der Waals surface area (Å²) in [6.45, 7) is 0. The number of carboxylic acid groups (broad SMARTS) is 2. The number of hydrogen-bond acceptors (Lipinski definition) is 7. The molecule has 0 fully saturated rings. The van der Waals surface area contributed by atoms with Gasteiger partial charge in [0.2, 0.25) is 0 Å². The normalized spacial score (nSPS) is 11.0. The fraction of sp³-hybridized carbons (Fsp3) is 0.273. The number of nitrogens with zero attached hydrogens (tertiary/aromatic N) is 1. The van der Waals surface area contributed by atoms with Gasteiger partial charge < -0.3 is 30.2 Å². The van der Waals surface area contributed by atoms with Crippen molar-refractivity contribution in [2.45, 2.75) is 18.9 Å². The number of aliphatic carboxylic acids is 2. The maximum Gasteiger partial charge on any atom is 2.00 e. The van der Waals surface area contributed by atoms with Gasteiger partial charge in [0.05, 0.1) is 23.8 Å². The van der Waals surface area contributed by atoms with Crippen molar-refractivity contribution in [1.82, 2.24) is 10.3 Å². The first kappa shape index (κ1) is 18.6. The van der Waals surface area contributed by atoms with Crippen molar-refractivity contribution in [3.8, 4) is 5.75 Å². The van der Waals surface area contributed by atoms with Crippen LogP contribution in [0.5, 0.6) is 5.75 Å². The molecule has 0 aliphatic carbocycles. The molecule has 1 rings (SSSR count). The Morgan fingerprint density at radius 1 is 1.30 bits per heavy atom. The number of rotatable bonds is 6. The molecule has 0 radical (unpaired) electrons. The quantitative estimate of drug-likeness (QED) is 0.526. The van der Waals surface area contributed by atoms with Crippen molar-refractivity contribution in [1.29, 1.82) is 0 Å². The van der Waals surface area contributed by atoms with Crippen molar-refractivity contribution in [2.75, 3.05) is 0 Å². The zero-order valence-electron chi connectivity index (χ0n) is 10.4. The number of carboxylic acids is 2. The van der Waals surface area contributed by atoms with Crippen molar-refractivity contribution >= 4 is 55.6 Å². The molecule has 0 aliphatic heterocycles. The first-order valence-electron chi connectivity index (χ1n) is 5.25. The second-order valence-corrected chi connectivity index (χ2v) is 3.69. The molecule has 9 heteroatoms. The zero-order chi connectivity index (χ0) is 14.4. The SMILES string of the molecule is O=C([O-])CC[C@H](NC(=O)c1cncc(O)c1)C(=O)[O-].[Ca+2]. The minimum atomic E-state index is -1.61. The average molecular weight is 306 g/mol. The molecule has 0 saturated carbocycles. The van der Waals surface area contributed by atoms with Gasteiger partial charge in [-0.25, -0.2) is 0 Å². The first-order chi connectivity index (χ1) is 8.90. The number of amides is 1. The van der Waals surface area contributed by atoms with Gasteiger partial charge in [-0.15, -0.1) is 0 Å². The fourth-order valence-corrected chi connectivity index (χ4v) is 1.30. The number of carbonyl (C=O) groups is 3. The average Bonchev–Trinajstić information content (AvgIpc) is 2.33. The van der Waals surface area contributed by atoms with Crippen LogP contribution in [-0.4, -0.2) is 71.7 Å². The largest absolute Gasteiger partial charge is 2.00 e. The second kappa shape index (κ2) is 8.72. The van der Waals surface area contributed by atoms with E-state index in [-0.39, 0.29) is 55.5 Å². The molecule has 8 nitrogen and oxygen atoms in total. The monoisotopic (exact) mass is 306 g/mol. The summed E-state index contributed by atoms with van der Waals surface area (Å²) < 4.78 is 0. The molecule has 1 atom stereocenters. The Balaban J connectivity index is 0.00000361. The first-order valence-corrected chi connectivity index (χ1v) is 5.25. The van der Waals surface area contributed by atoms with E-state index in [1.165, 1.54) is 0 Å². The summed E-state index contributed by atoms with van der Waals surface area (Å²) in [5, 5.41) is 32.2. The maximum atomic E-state index is 11.6. The minimum Gasteiger partial charge on any atom is -0.550 e. The molecule has 1 aromatic heterocycles. The van der Waals surface area contributed by atoms with E-state index < -0.39 is 30.3 Å². The molecule has 0 saturated heterocycles. The Bertz CT molecular complexity index is 507. The Hall–Kier alpha value is -1.38. The molecule has 0 aliphatic rings. The summed E-state index contributed by atoms with van der Waals surface area (Å²) in [4.78, 5) is 36.2. The van der Waals surface area contributed by atoms with Gasteiger partial charge in [-0.2, -0.15) is 0 Å². The summed E-state index contributed by atoms with van der Waals surface area (Å²) in [6.07, 6.45) is 1.34. The number of aromatic hydroxyl groups is 1. The van der Waals surface area contributed by atoms with Gasteiger partial charge in [0.1, 0.15) is 5.75 Å². The molecule has 20 heavy (non-hydrogen) atoms. The van der Waals surface area contributed by atoms with Gasteiger partial charge in [0, 0.05) is 12.2 Å². The third kappa shape index (κ3) is 6.18. The number of hydrogen-bond donors (Lipinski definition) is 2. The fourth-order valence-electron chi connectivity index (χ4n) is 1.30. The van der Waals surface area contributed by atoms with Crippen LogP contribution in [-0.2, 0) is 9.59 Å². The van der Waals surface area contributed by atoms with E-state index >= 15 is 0 Å². The van der Waals surface area contributed by atoms with E-state index in [1.807, 2.05) is 0 Å². The van der Waals surface area contributed by atoms with Gasteiger partial charge in [0.15, 0.2) is 0 Å². The van der Waals surface area contributed by atoms with Crippen LogP contribution in [0.2, 0.25) is 0 Å². The predicted octanol–water partition coefficient (Wildman–Crippen LogP) is -3.22. The number of pyridine rings is 1. The molecule has 102 valence electrons. The summed E-state index contributed by atoms with van der Waals surface area (Å²) in [5.74, 6) is -4.11. The van der Waals surface area contributed by atoms with Crippen LogP contribution in [0.25, 0.3) is 0 Å². The van der Waals surface area contributed by atoms with Crippen LogP contribution < -0.4 is 15.5 Å². The van der Waals surface area contributed by atoms with E-state index in [2.05, 4.69) is 10.3 Å². The van der Waals surface area contributed by atoms with Crippen molar-refractivity contribution in [3.05, 3.63) is 24.0 Å². The summed E-state index contributed by atoms with van der Waals surface area (Å²) >= 11 is 0. The molecule has 0 aromatic carbocycles. The Kier molecular flexibility index (Phi) is 8.12. The summed E-state index contributed by atoms with van der Waals surface area (Å²) in [5.41, 5.74) is -0.0558. The Morgan fingerprint density at radius 2 is 1.95 bits per heavy atom. The number of carbonyl (C=O) groups excluding carboxylic acids is 3. The van der Waals surface area contributed by atoms with Gasteiger partial charge in [-0.3, -0.25) is 9.78 Å². The van der Waals surface area contributed by atoms with Crippen LogP contribution in [0.15, 0.2) is 18.5 Å². The third-order valence-corrected chi connectivity index (χ3v) is 2.21. The van der Waals surface area contributed by atoms with Crippen LogP contribution in [0, 0.1) is 0 Å². The number of nitrogens with one attached hydrogen (secondary N) is 1. The molecule has 2 N–H and O–H groups in total. The van der Waals surface area contributed by atoms with Gasteiger partial charge in [0.25, 0.3) is 5.91 Å². The van der Waals surface area contributed by atoms with Gasteiger partial charge in [-0.05, 0) is 18.9 Å². The van der Waals surface area contributed by atoms with Crippen LogP contribution in [0.4, 0.5) is 0 Å². The minimum absolute atomic E-state index is 0. The van der Waals surface area contributed by atoms with E-state index in [9.17, 15) is 24.6 Å². The third-order valence-electron chi connectivity index (χ3n) is 2.21. The molecule has 1 heterocycles. The Labute approximate surface area is 143 Å². The second-order valence-electron chi connectivity index (χ2n) is 3.69.